The molecular formula is C13H18N6O3. The maximum absolute atomic E-state index is 12.4. The van der Waals surface area contributed by atoms with Gasteiger partial charge in [-0.05, 0) is 0 Å². The number of fused-ring (bicyclic) bond motifs is 1. The normalized spacial score (nSPS) is 10.7. The number of carbonyl (C=O) groups excluding carboxylic acids is 1. The minimum absolute atomic E-state index is 0.127. The second-order valence-corrected chi connectivity index (χ2v) is 5.15. The predicted octanol–water partition coefficient (Wildman–Crippen LogP) is -1.40. The van der Waals surface area contributed by atoms with Gasteiger partial charge in [0, 0.05) is 34.3 Å². The molecule has 0 spiro atoms. The SMILES string of the molecule is CN(C)c1cc(NCC(N)=O)c2c(=O)n(C)c(=O)n(C)c2n1. The lowest BCUT2D eigenvalue weighted by Crippen LogP contribution is -2.38. The summed E-state index contributed by atoms with van der Waals surface area (Å²) in [5.74, 6) is -0.0132. The summed E-state index contributed by atoms with van der Waals surface area (Å²) in [4.78, 5) is 41.5. The zero-order valence-corrected chi connectivity index (χ0v) is 12.9. The van der Waals surface area contributed by atoms with Crippen molar-refractivity contribution in [1.29, 1.82) is 0 Å². The molecule has 0 unspecified atom stereocenters. The molecular weight excluding hydrogens is 288 g/mol. The molecule has 9 heteroatoms. The Morgan fingerprint density at radius 3 is 2.50 bits per heavy atom. The van der Waals surface area contributed by atoms with Crippen molar-refractivity contribution in [3.8, 4) is 0 Å². The van der Waals surface area contributed by atoms with Crippen LogP contribution in [0, 0.1) is 0 Å². The summed E-state index contributed by atoms with van der Waals surface area (Å²) < 4.78 is 2.29. The molecule has 2 rings (SSSR count). The average Bonchev–Trinajstić information content (AvgIpc) is 2.47. The molecule has 0 aromatic carbocycles. The topological polar surface area (TPSA) is 115 Å². The fourth-order valence-corrected chi connectivity index (χ4v) is 2.09. The fraction of sp³-hybridized carbons (Fsp3) is 0.385. The highest BCUT2D eigenvalue weighted by molar-refractivity contribution is 5.92. The number of hydrogen-bond acceptors (Lipinski definition) is 6. The first kappa shape index (κ1) is 15.5. The van der Waals surface area contributed by atoms with Crippen molar-refractivity contribution >= 4 is 28.4 Å². The van der Waals surface area contributed by atoms with Gasteiger partial charge in [0.25, 0.3) is 5.56 Å². The first-order valence-electron chi connectivity index (χ1n) is 6.54. The minimum atomic E-state index is -0.557. The third kappa shape index (κ3) is 2.52. The van der Waals surface area contributed by atoms with Gasteiger partial charge in [-0.2, -0.15) is 0 Å². The van der Waals surface area contributed by atoms with Gasteiger partial charge >= 0.3 is 5.69 Å². The van der Waals surface area contributed by atoms with Crippen molar-refractivity contribution < 1.29 is 4.79 Å². The lowest BCUT2D eigenvalue weighted by atomic mass is 10.2. The van der Waals surface area contributed by atoms with Crippen molar-refractivity contribution in [3.63, 3.8) is 0 Å². The Balaban J connectivity index is 2.88. The Morgan fingerprint density at radius 2 is 1.95 bits per heavy atom. The maximum atomic E-state index is 12.4. The van der Waals surface area contributed by atoms with Crippen molar-refractivity contribution in [2.75, 3.05) is 30.9 Å². The lowest BCUT2D eigenvalue weighted by Gasteiger charge is -2.17. The molecule has 0 saturated heterocycles. The van der Waals surface area contributed by atoms with Crippen LogP contribution >= 0.6 is 0 Å². The van der Waals surface area contributed by atoms with E-state index in [0.717, 1.165) is 4.57 Å². The van der Waals surface area contributed by atoms with Crippen LogP contribution in [0.15, 0.2) is 15.7 Å². The fourth-order valence-electron chi connectivity index (χ4n) is 2.09. The summed E-state index contributed by atoms with van der Waals surface area (Å²) in [6.07, 6.45) is 0. The van der Waals surface area contributed by atoms with Crippen LogP contribution in [0.3, 0.4) is 0 Å². The molecule has 118 valence electrons. The van der Waals surface area contributed by atoms with Crippen LogP contribution in [-0.4, -0.2) is 40.7 Å². The van der Waals surface area contributed by atoms with E-state index >= 15 is 0 Å². The van der Waals surface area contributed by atoms with Crippen LogP contribution in [0.2, 0.25) is 0 Å². The van der Waals surface area contributed by atoms with Gasteiger partial charge in [0.2, 0.25) is 5.91 Å². The number of nitrogens with two attached hydrogens (primary N) is 1. The predicted molar refractivity (Wildman–Crippen MR) is 84.2 cm³/mol. The van der Waals surface area contributed by atoms with Gasteiger partial charge in [-0.1, -0.05) is 0 Å². The summed E-state index contributed by atoms with van der Waals surface area (Å²) in [5, 5.41) is 3.06. The van der Waals surface area contributed by atoms with E-state index in [0.29, 0.717) is 11.5 Å². The third-order valence-corrected chi connectivity index (χ3v) is 3.31. The van der Waals surface area contributed by atoms with Crippen LogP contribution in [0.1, 0.15) is 0 Å². The molecule has 0 fully saturated rings. The number of amides is 1. The number of rotatable bonds is 4. The highest BCUT2D eigenvalue weighted by Gasteiger charge is 2.16. The zero-order chi connectivity index (χ0) is 16.6. The van der Waals surface area contributed by atoms with E-state index in [9.17, 15) is 14.4 Å². The molecule has 2 aromatic heterocycles. The molecule has 0 aliphatic rings. The molecule has 2 aromatic rings. The number of nitrogens with zero attached hydrogens (tertiary/aromatic N) is 4. The van der Waals surface area contributed by atoms with Gasteiger partial charge in [0.05, 0.1) is 12.2 Å². The molecule has 0 aliphatic carbocycles. The monoisotopic (exact) mass is 306 g/mol. The molecule has 2 heterocycles. The van der Waals surface area contributed by atoms with Crippen molar-refractivity contribution in [3.05, 3.63) is 26.9 Å². The number of hydrogen-bond donors (Lipinski definition) is 2. The van der Waals surface area contributed by atoms with Gasteiger partial charge in [-0.15, -0.1) is 0 Å². The van der Waals surface area contributed by atoms with E-state index in [2.05, 4.69) is 10.3 Å². The summed E-state index contributed by atoms with van der Waals surface area (Å²) >= 11 is 0. The molecule has 0 radical (unpaired) electrons. The third-order valence-electron chi connectivity index (χ3n) is 3.31. The average molecular weight is 306 g/mol. The Kier molecular flexibility index (Phi) is 3.89. The highest BCUT2D eigenvalue weighted by Crippen LogP contribution is 2.22. The van der Waals surface area contributed by atoms with Gasteiger partial charge in [-0.25, -0.2) is 9.78 Å². The quantitative estimate of drug-likeness (QED) is 0.717. The van der Waals surface area contributed by atoms with E-state index in [-0.39, 0.29) is 17.6 Å². The van der Waals surface area contributed by atoms with E-state index in [1.807, 2.05) is 0 Å². The summed E-state index contributed by atoms with van der Waals surface area (Å²) in [5.41, 5.74) is 4.83. The zero-order valence-electron chi connectivity index (χ0n) is 12.9. The molecule has 1 amide bonds. The molecule has 3 N–H and O–H groups in total. The summed E-state index contributed by atoms with van der Waals surface area (Å²) in [6, 6.07) is 1.64. The van der Waals surface area contributed by atoms with Crippen molar-refractivity contribution in [1.82, 2.24) is 14.1 Å². The summed E-state index contributed by atoms with van der Waals surface area (Å²) in [7, 11) is 6.49. The number of carbonyl (C=O) groups is 1. The summed E-state index contributed by atoms with van der Waals surface area (Å²) in [6.45, 7) is -0.127. The Bertz CT molecular complexity index is 865. The standard InChI is InChI=1S/C13H18N6O3/c1-17(2)9-5-7(15-6-8(14)20)10-11(16-9)18(3)13(22)19(4)12(10)21/h5H,6H2,1-4H3,(H2,14,20)(H,15,16). The Hall–Kier alpha value is -2.84. The Morgan fingerprint density at radius 1 is 1.32 bits per heavy atom. The van der Waals surface area contributed by atoms with Gasteiger partial charge in [-0.3, -0.25) is 18.7 Å². The Labute approximate surface area is 126 Å². The minimum Gasteiger partial charge on any atom is -0.375 e. The van der Waals surface area contributed by atoms with E-state index in [1.54, 1.807) is 25.1 Å². The smallest absolute Gasteiger partial charge is 0.332 e. The lowest BCUT2D eigenvalue weighted by molar-refractivity contribution is -0.116. The van der Waals surface area contributed by atoms with E-state index in [1.165, 1.54) is 18.7 Å². The number of primary amides is 1. The van der Waals surface area contributed by atoms with Crippen LogP contribution in [0.5, 0.6) is 0 Å². The van der Waals surface area contributed by atoms with Crippen LogP contribution < -0.4 is 27.2 Å². The van der Waals surface area contributed by atoms with Crippen LogP contribution in [0.4, 0.5) is 11.5 Å². The second kappa shape index (κ2) is 5.51. The largest absolute Gasteiger partial charge is 0.375 e. The number of aromatic nitrogens is 3. The van der Waals surface area contributed by atoms with E-state index < -0.39 is 17.2 Å². The van der Waals surface area contributed by atoms with E-state index in [4.69, 9.17) is 5.73 Å². The molecule has 0 atom stereocenters. The molecule has 9 nitrogen and oxygen atoms in total. The van der Waals surface area contributed by atoms with Crippen LogP contribution in [0.25, 0.3) is 11.0 Å². The van der Waals surface area contributed by atoms with Gasteiger partial charge in [0.1, 0.15) is 11.2 Å². The molecule has 22 heavy (non-hydrogen) atoms. The number of anilines is 2. The molecule has 0 bridgehead atoms. The van der Waals surface area contributed by atoms with Crippen molar-refractivity contribution in [2.45, 2.75) is 0 Å². The number of nitrogens with one attached hydrogen (secondary N) is 1. The first-order chi connectivity index (χ1) is 10.2. The van der Waals surface area contributed by atoms with Gasteiger partial charge in [0.15, 0.2) is 5.65 Å². The first-order valence-corrected chi connectivity index (χ1v) is 6.54. The number of pyridine rings is 1. The maximum Gasteiger partial charge on any atom is 0.332 e. The second-order valence-electron chi connectivity index (χ2n) is 5.15. The number of aryl methyl sites for hydroxylation is 1. The van der Waals surface area contributed by atoms with Crippen LogP contribution in [-0.2, 0) is 18.9 Å². The van der Waals surface area contributed by atoms with Gasteiger partial charge < -0.3 is 16.0 Å². The molecule has 0 aliphatic heterocycles. The molecule has 0 saturated carbocycles. The highest BCUT2D eigenvalue weighted by atomic mass is 16.2. The van der Waals surface area contributed by atoms with Crippen molar-refractivity contribution in [2.24, 2.45) is 19.8 Å².